The summed E-state index contributed by atoms with van der Waals surface area (Å²) in [5.41, 5.74) is 9.15. The molecule has 1 aliphatic carbocycles. The summed E-state index contributed by atoms with van der Waals surface area (Å²) in [6.07, 6.45) is 15.3. The lowest BCUT2D eigenvalue weighted by molar-refractivity contribution is 0.0138. The lowest BCUT2D eigenvalue weighted by atomic mass is 9.83. The lowest BCUT2D eigenvalue weighted by Gasteiger charge is -2.26. The van der Waals surface area contributed by atoms with E-state index in [-0.39, 0.29) is 30.0 Å². The van der Waals surface area contributed by atoms with E-state index in [2.05, 4.69) is 37.9 Å². The van der Waals surface area contributed by atoms with Gasteiger partial charge in [-0.05, 0) is 99.8 Å². The highest BCUT2D eigenvalue weighted by atomic mass is 16.5. The van der Waals surface area contributed by atoms with E-state index in [0.717, 1.165) is 55.2 Å². The molecule has 3 aliphatic rings. The number of aromatic hydroxyl groups is 1. The van der Waals surface area contributed by atoms with Crippen LogP contribution in [-0.4, -0.2) is 41.3 Å². The van der Waals surface area contributed by atoms with E-state index in [1.165, 1.54) is 25.7 Å². The van der Waals surface area contributed by atoms with Gasteiger partial charge in [0.15, 0.2) is 11.5 Å². The Hall–Kier alpha value is -2.46. The quantitative estimate of drug-likeness (QED) is 0.247. The van der Waals surface area contributed by atoms with Gasteiger partial charge in [-0.25, -0.2) is 0 Å². The fourth-order valence-electron chi connectivity index (χ4n) is 6.15. The van der Waals surface area contributed by atoms with E-state index < -0.39 is 6.10 Å². The predicted octanol–water partition coefficient (Wildman–Crippen LogP) is 6.36. The van der Waals surface area contributed by atoms with Gasteiger partial charge in [-0.2, -0.15) is 0 Å². The van der Waals surface area contributed by atoms with Crippen LogP contribution >= 0.6 is 0 Å². The maximum absolute atomic E-state index is 11.1. The minimum absolute atomic E-state index is 0.0420. The average Bonchev–Trinajstić information content (AvgIpc) is 2.98. The third-order valence-corrected chi connectivity index (χ3v) is 8.90. The third-order valence-electron chi connectivity index (χ3n) is 8.90. The van der Waals surface area contributed by atoms with Crippen LogP contribution < -0.4 is 15.8 Å². The van der Waals surface area contributed by atoms with Gasteiger partial charge in [-0.3, -0.25) is 0 Å². The molecule has 5 N–H and O–H groups in total. The normalized spacial score (nSPS) is 26.4. The lowest BCUT2D eigenvalue weighted by Crippen LogP contribution is -2.35. The van der Waals surface area contributed by atoms with Gasteiger partial charge >= 0.3 is 0 Å². The zero-order valence-electron chi connectivity index (χ0n) is 25.4. The average molecular weight is 565 g/mol. The molecule has 1 unspecified atom stereocenters. The minimum atomic E-state index is -0.480. The predicted molar refractivity (Wildman–Crippen MR) is 165 cm³/mol. The maximum Gasteiger partial charge on any atom is 0.161 e. The monoisotopic (exact) mass is 564 g/mol. The van der Waals surface area contributed by atoms with Crippen LogP contribution in [-0.2, 0) is 11.2 Å². The molecule has 0 saturated heterocycles. The molecular formula is C35H52N2O4. The number of dihydropyridines is 1. The molecule has 0 bridgehead atoms. The van der Waals surface area contributed by atoms with Gasteiger partial charge < -0.3 is 30.7 Å². The van der Waals surface area contributed by atoms with Crippen molar-refractivity contribution in [3.8, 4) is 23.3 Å². The summed E-state index contributed by atoms with van der Waals surface area (Å²) < 4.78 is 12.6. The van der Waals surface area contributed by atoms with Crippen molar-refractivity contribution in [2.75, 3.05) is 6.61 Å². The Kier molecular flexibility index (Phi) is 12.0. The minimum Gasteiger partial charge on any atom is -0.504 e. The zero-order chi connectivity index (χ0) is 29.2. The van der Waals surface area contributed by atoms with E-state index in [1.54, 1.807) is 6.07 Å². The van der Waals surface area contributed by atoms with Crippen molar-refractivity contribution in [2.45, 2.75) is 122 Å². The summed E-state index contributed by atoms with van der Waals surface area (Å²) in [7, 11) is 0. The van der Waals surface area contributed by atoms with Crippen molar-refractivity contribution in [3.63, 3.8) is 0 Å². The van der Waals surface area contributed by atoms with E-state index in [4.69, 9.17) is 15.2 Å². The number of hydrogen-bond acceptors (Lipinski definition) is 6. The first-order valence-electron chi connectivity index (χ1n) is 16.0. The van der Waals surface area contributed by atoms with Gasteiger partial charge in [0.25, 0.3) is 0 Å². The first-order valence-corrected chi connectivity index (χ1v) is 16.0. The summed E-state index contributed by atoms with van der Waals surface area (Å²) in [5, 5.41) is 24.6. The molecule has 2 aliphatic heterocycles. The number of nitrogens with one attached hydrogen (secondary N) is 1. The molecule has 226 valence electrons. The molecule has 2 heterocycles. The second-order valence-electron chi connectivity index (χ2n) is 12.9. The Morgan fingerprint density at radius 3 is 2.71 bits per heavy atom. The highest BCUT2D eigenvalue weighted by molar-refractivity contribution is 5.48. The third kappa shape index (κ3) is 10.1. The van der Waals surface area contributed by atoms with Gasteiger partial charge in [0, 0.05) is 23.3 Å². The van der Waals surface area contributed by atoms with Crippen LogP contribution in [0.25, 0.3) is 0 Å². The molecule has 6 nitrogen and oxygen atoms in total. The fourth-order valence-corrected chi connectivity index (χ4v) is 6.15. The van der Waals surface area contributed by atoms with E-state index in [1.807, 2.05) is 24.4 Å². The van der Waals surface area contributed by atoms with E-state index in [9.17, 15) is 10.2 Å². The maximum atomic E-state index is 11.1. The summed E-state index contributed by atoms with van der Waals surface area (Å²) in [6, 6.07) is 5.60. The van der Waals surface area contributed by atoms with Crippen LogP contribution in [0.3, 0.4) is 0 Å². The van der Waals surface area contributed by atoms with E-state index >= 15 is 0 Å². The number of benzene rings is 1. The summed E-state index contributed by atoms with van der Waals surface area (Å²) in [6.45, 7) is 7.25. The second-order valence-corrected chi connectivity index (χ2v) is 12.9. The van der Waals surface area contributed by atoms with Gasteiger partial charge in [0.05, 0.1) is 31.1 Å². The van der Waals surface area contributed by atoms with Crippen molar-refractivity contribution in [2.24, 2.45) is 23.5 Å². The zero-order valence-corrected chi connectivity index (χ0v) is 25.4. The summed E-state index contributed by atoms with van der Waals surface area (Å²) >= 11 is 0. The highest BCUT2D eigenvalue weighted by Gasteiger charge is 2.24. The molecule has 0 amide bonds. The molecule has 6 heteroatoms. The first kappa shape index (κ1) is 31.5. The van der Waals surface area contributed by atoms with Gasteiger partial charge in [-0.15, -0.1) is 0 Å². The van der Waals surface area contributed by atoms with Crippen LogP contribution in [0.4, 0.5) is 0 Å². The second kappa shape index (κ2) is 15.7. The van der Waals surface area contributed by atoms with Crippen LogP contribution in [0, 0.1) is 29.6 Å². The molecule has 0 radical (unpaired) electrons. The molecule has 0 spiro atoms. The van der Waals surface area contributed by atoms with Crippen molar-refractivity contribution >= 4 is 0 Å². The first-order chi connectivity index (χ1) is 19.8. The molecule has 41 heavy (non-hydrogen) atoms. The molecular weight excluding hydrogens is 512 g/mol. The number of hydrogen-bond donors (Lipinski definition) is 4. The van der Waals surface area contributed by atoms with Crippen molar-refractivity contribution in [3.05, 3.63) is 47.2 Å². The number of aliphatic hydroxyl groups is 1. The fraction of sp³-hybridized carbons (Fsp3) is 0.657. The Morgan fingerprint density at radius 1 is 1.12 bits per heavy atom. The Labute approximate surface area is 247 Å². The Balaban J connectivity index is 1.38. The van der Waals surface area contributed by atoms with Gasteiger partial charge in [0.2, 0.25) is 0 Å². The Bertz CT molecular complexity index is 1100. The van der Waals surface area contributed by atoms with Crippen molar-refractivity contribution < 1.29 is 19.7 Å². The van der Waals surface area contributed by atoms with Crippen molar-refractivity contribution in [1.29, 1.82) is 0 Å². The molecule has 1 aromatic carbocycles. The van der Waals surface area contributed by atoms with Crippen LogP contribution in [0.2, 0.25) is 0 Å². The standard InChI is InChI=1S/C35H52N2O4/c1-24(2)9-13-27-15-17-32(40-23-29-22-37-35(36)20-28(29)14-10-25(27)3)21-30(38)16-11-26-12-18-33(39)34(19-26)41-31-7-5-4-6-8-31/h12,18-20,22,24-25,27,30-32,35,37-39H,4-9,11,13,15-17,21,23,36H2,1-3H3/t25-,27-,30+,32-,35?/m0/s1. The molecule has 1 fully saturated rings. The molecule has 5 atom stereocenters. The van der Waals surface area contributed by atoms with Gasteiger partial charge in [-0.1, -0.05) is 51.5 Å². The van der Waals surface area contributed by atoms with Crippen molar-refractivity contribution in [1.82, 2.24) is 5.32 Å². The Morgan fingerprint density at radius 2 is 1.93 bits per heavy atom. The smallest absolute Gasteiger partial charge is 0.161 e. The SMILES string of the molecule is CC(C)CC[C@H]1CC[C@@H](C[C@H](O)CCc2ccc(O)c(OC3CCCCC3)c2)OCC2=CNC(N)C=C2C#C[C@@H]1C. The van der Waals surface area contributed by atoms with Gasteiger partial charge in [0.1, 0.15) is 0 Å². The number of phenolic OH excluding ortho intramolecular Hbond substituents is 1. The number of phenols is 1. The van der Waals surface area contributed by atoms with Crippen LogP contribution in [0.1, 0.15) is 97.0 Å². The summed E-state index contributed by atoms with van der Waals surface area (Å²) in [4.78, 5) is 0. The number of nitrogens with two attached hydrogens (primary N) is 1. The number of fused-ring (bicyclic) bond motifs is 1. The summed E-state index contributed by atoms with van der Waals surface area (Å²) in [5.74, 6) is 9.13. The number of rotatable bonds is 10. The van der Waals surface area contributed by atoms with Crippen LogP contribution in [0.5, 0.6) is 11.5 Å². The number of aliphatic hydroxyl groups excluding tert-OH is 1. The molecule has 0 aromatic heterocycles. The topological polar surface area (TPSA) is 97.0 Å². The molecule has 1 aromatic rings. The molecule has 1 saturated carbocycles. The molecule has 4 rings (SSSR count). The number of ether oxygens (including phenoxy) is 2. The largest absolute Gasteiger partial charge is 0.504 e. The van der Waals surface area contributed by atoms with E-state index in [0.29, 0.717) is 37.0 Å². The highest BCUT2D eigenvalue weighted by Crippen LogP contribution is 2.32. The van der Waals surface area contributed by atoms with Crippen LogP contribution in [0.15, 0.2) is 41.6 Å². The number of aryl methyl sites for hydroxylation is 1.